The first-order chi connectivity index (χ1) is 10.8. The van der Waals surface area contributed by atoms with Crippen LogP contribution in [0.1, 0.15) is 71.1 Å². The molecule has 0 aliphatic carbocycles. The lowest BCUT2D eigenvalue weighted by Gasteiger charge is -2.01. The molecule has 4 nitrogen and oxygen atoms in total. The number of rotatable bonds is 11. The van der Waals surface area contributed by atoms with Crippen LogP contribution in [0.5, 0.6) is 0 Å². The van der Waals surface area contributed by atoms with Crippen molar-refractivity contribution in [1.29, 1.82) is 0 Å². The van der Waals surface area contributed by atoms with Crippen LogP contribution in [0, 0.1) is 0 Å². The van der Waals surface area contributed by atoms with Gasteiger partial charge in [-0.1, -0.05) is 63.5 Å². The maximum Gasteiger partial charge on any atom is 0.198 e. The molecule has 2 aromatic rings. The third-order valence-corrected chi connectivity index (χ3v) is 4.38. The molecule has 0 saturated heterocycles. The van der Waals surface area contributed by atoms with Crippen molar-refractivity contribution in [3.8, 4) is 0 Å². The monoisotopic (exact) mass is 382 g/mol. The van der Waals surface area contributed by atoms with E-state index in [9.17, 15) is 0 Å². The van der Waals surface area contributed by atoms with E-state index < -0.39 is 0 Å². The number of nitrogens with zero attached hydrogens (tertiary/aromatic N) is 4. The van der Waals surface area contributed by atoms with E-state index in [0.29, 0.717) is 0 Å². The van der Waals surface area contributed by atoms with Crippen molar-refractivity contribution in [1.82, 2.24) is 15.0 Å². The third kappa shape index (κ3) is 6.98. The van der Waals surface area contributed by atoms with Crippen LogP contribution in [-0.2, 0) is 13.6 Å². The second-order valence-electron chi connectivity index (χ2n) is 6.35. The standard InChI is InChI=1S/C18H31N4.BrH/c1-3-4-5-6-7-8-9-10-11-12-14-22-15-13-18-17(16-22)19-20-21(18)2;/h13,15-16H,3-12,14H2,1-2H3;1H/q+1;/p-1. The zero-order valence-corrected chi connectivity index (χ0v) is 16.3. The van der Waals surface area contributed by atoms with Gasteiger partial charge in [0.1, 0.15) is 12.1 Å². The number of fused-ring (bicyclic) bond motifs is 1. The number of aromatic nitrogens is 4. The topological polar surface area (TPSA) is 34.6 Å². The molecule has 0 atom stereocenters. The third-order valence-electron chi connectivity index (χ3n) is 4.38. The van der Waals surface area contributed by atoms with Gasteiger partial charge in [-0.3, -0.25) is 0 Å². The van der Waals surface area contributed by atoms with Gasteiger partial charge < -0.3 is 17.0 Å². The largest absolute Gasteiger partial charge is 1.00 e. The second-order valence-corrected chi connectivity index (χ2v) is 6.35. The number of hydrogen-bond donors (Lipinski definition) is 0. The molecule has 2 heterocycles. The van der Waals surface area contributed by atoms with Crippen LogP contribution in [0.2, 0.25) is 0 Å². The number of hydrogen-bond acceptors (Lipinski definition) is 2. The van der Waals surface area contributed by atoms with Crippen molar-refractivity contribution in [2.45, 2.75) is 77.7 Å². The highest BCUT2D eigenvalue weighted by molar-refractivity contribution is 5.71. The minimum absolute atomic E-state index is 0. The second kappa shape index (κ2) is 11.5. The molecule has 0 saturated carbocycles. The first kappa shape index (κ1) is 20.1. The SMILES string of the molecule is CCCCCCCCCCCC[n+]1ccc2c(c1)nnn2C.[Br-]. The van der Waals surface area contributed by atoms with Gasteiger partial charge in [0.25, 0.3) is 0 Å². The van der Waals surface area contributed by atoms with E-state index in [4.69, 9.17) is 0 Å². The van der Waals surface area contributed by atoms with E-state index in [-0.39, 0.29) is 17.0 Å². The molecule has 2 aromatic heterocycles. The summed E-state index contributed by atoms with van der Waals surface area (Å²) in [7, 11) is 1.93. The van der Waals surface area contributed by atoms with E-state index in [1.807, 2.05) is 11.7 Å². The fraction of sp³-hybridized carbons (Fsp3) is 0.722. The summed E-state index contributed by atoms with van der Waals surface area (Å²) in [5, 5.41) is 8.22. The summed E-state index contributed by atoms with van der Waals surface area (Å²) >= 11 is 0. The van der Waals surface area contributed by atoms with Crippen molar-refractivity contribution >= 4 is 11.0 Å². The summed E-state index contributed by atoms with van der Waals surface area (Å²) < 4.78 is 4.06. The summed E-state index contributed by atoms with van der Waals surface area (Å²) in [5.74, 6) is 0. The normalized spacial score (nSPS) is 10.9. The minimum atomic E-state index is 0. The lowest BCUT2D eigenvalue weighted by molar-refractivity contribution is -0.696. The van der Waals surface area contributed by atoms with Crippen LogP contribution in [0.3, 0.4) is 0 Å². The Kier molecular flexibility index (Phi) is 10.1. The maximum absolute atomic E-state index is 4.17. The Bertz CT molecular complexity index is 553. The number of pyridine rings is 1. The summed E-state index contributed by atoms with van der Waals surface area (Å²) in [6, 6.07) is 2.10. The van der Waals surface area contributed by atoms with Crippen LogP contribution >= 0.6 is 0 Å². The molecule has 0 amide bonds. The number of aryl methyl sites for hydroxylation is 2. The van der Waals surface area contributed by atoms with Crippen molar-refractivity contribution < 1.29 is 21.5 Å². The van der Waals surface area contributed by atoms with E-state index in [1.54, 1.807) is 0 Å². The summed E-state index contributed by atoms with van der Waals surface area (Å²) in [4.78, 5) is 0. The highest BCUT2D eigenvalue weighted by Gasteiger charge is 2.07. The van der Waals surface area contributed by atoms with E-state index in [2.05, 4.69) is 40.3 Å². The van der Waals surface area contributed by atoms with Crippen molar-refractivity contribution in [3.63, 3.8) is 0 Å². The average molecular weight is 383 g/mol. The molecule has 0 spiro atoms. The van der Waals surface area contributed by atoms with Crippen LogP contribution in [0.25, 0.3) is 11.0 Å². The van der Waals surface area contributed by atoms with Gasteiger partial charge in [-0.2, -0.15) is 0 Å². The highest BCUT2D eigenvalue weighted by atomic mass is 79.9. The van der Waals surface area contributed by atoms with Crippen LogP contribution < -0.4 is 21.5 Å². The Hall–Kier alpha value is -0.970. The van der Waals surface area contributed by atoms with Crippen molar-refractivity contribution in [3.05, 3.63) is 18.5 Å². The summed E-state index contributed by atoms with van der Waals surface area (Å²) in [5.41, 5.74) is 2.08. The molecule has 5 heteroatoms. The molecular weight excluding hydrogens is 352 g/mol. The molecule has 0 N–H and O–H groups in total. The molecule has 23 heavy (non-hydrogen) atoms. The Morgan fingerprint density at radius 3 is 2.22 bits per heavy atom. The Morgan fingerprint density at radius 2 is 1.57 bits per heavy atom. The Balaban J connectivity index is 0.00000264. The molecule has 0 unspecified atom stereocenters. The highest BCUT2D eigenvalue weighted by Crippen LogP contribution is 2.10. The van der Waals surface area contributed by atoms with E-state index in [0.717, 1.165) is 17.6 Å². The van der Waals surface area contributed by atoms with E-state index in [1.165, 1.54) is 64.2 Å². The fourth-order valence-corrected chi connectivity index (χ4v) is 2.95. The van der Waals surface area contributed by atoms with Gasteiger partial charge in [0.15, 0.2) is 17.9 Å². The summed E-state index contributed by atoms with van der Waals surface area (Å²) in [6.07, 6.45) is 18.1. The van der Waals surface area contributed by atoms with Gasteiger partial charge in [0.05, 0.1) is 0 Å². The Labute approximate surface area is 151 Å². The average Bonchev–Trinajstić information content (AvgIpc) is 2.90. The van der Waals surface area contributed by atoms with Crippen LogP contribution in [0.15, 0.2) is 18.5 Å². The quantitative estimate of drug-likeness (QED) is 0.432. The molecule has 0 bridgehead atoms. The van der Waals surface area contributed by atoms with Gasteiger partial charge in [0, 0.05) is 19.5 Å². The first-order valence-corrected chi connectivity index (χ1v) is 8.99. The molecule has 0 aromatic carbocycles. The van der Waals surface area contributed by atoms with Crippen LogP contribution in [-0.4, -0.2) is 15.0 Å². The van der Waals surface area contributed by atoms with Gasteiger partial charge in [-0.25, -0.2) is 9.25 Å². The van der Waals surface area contributed by atoms with Crippen molar-refractivity contribution in [2.24, 2.45) is 7.05 Å². The number of halogens is 1. The lowest BCUT2D eigenvalue weighted by Crippen LogP contribution is -3.00. The smallest absolute Gasteiger partial charge is 0.198 e. The molecule has 130 valence electrons. The molecule has 0 aliphatic rings. The molecule has 0 fully saturated rings. The fourth-order valence-electron chi connectivity index (χ4n) is 2.95. The molecular formula is C18H31BrN4. The molecule has 0 aliphatic heterocycles. The Morgan fingerprint density at radius 1 is 0.957 bits per heavy atom. The summed E-state index contributed by atoms with van der Waals surface area (Å²) in [6.45, 7) is 3.36. The van der Waals surface area contributed by atoms with E-state index >= 15 is 0 Å². The maximum atomic E-state index is 4.17. The zero-order valence-electron chi connectivity index (χ0n) is 14.7. The predicted molar refractivity (Wildman–Crippen MR) is 90.5 cm³/mol. The molecule has 0 radical (unpaired) electrons. The van der Waals surface area contributed by atoms with Gasteiger partial charge in [0.2, 0.25) is 0 Å². The number of unbranched alkanes of at least 4 members (excludes halogenated alkanes) is 9. The lowest BCUT2D eigenvalue weighted by atomic mass is 10.1. The predicted octanol–water partition coefficient (Wildman–Crippen LogP) is 1.18. The molecule has 2 rings (SSSR count). The van der Waals surface area contributed by atoms with Crippen LogP contribution in [0.4, 0.5) is 0 Å². The first-order valence-electron chi connectivity index (χ1n) is 8.99. The van der Waals surface area contributed by atoms with Gasteiger partial charge in [-0.15, -0.1) is 5.10 Å². The van der Waals surface area contributed by atoms with Gasteiger partial charge in [-0.05, 0) is 6.42 Å². The van der Waals surface area contributed by atoms with Crippen molar-refractivity contribution in [2.75, 3.05) is 0 Å². The van der Waals surface area contributed by atoms with Gasteiger partial charge >= 0.3 is 0 Å². The zero-order chi connectivity index (χ0) is 15.6. The minimum Gasteiger partial charge on any atom is -1.00 e.